The van der Waals surface area contributed by atoms with Crippen LogP contribution in [0.1, 0.15) is 35.8 Å². The fourth-order valence-electron chi connectivity index (χ4n) is 1.45. The zero-order valence-electron chi connectivity index (χ0n) is 10.6. The summed E-state index contributed by atoms with van der Waals surface area (Å²) >= 11 is 0. The Balaban J connectivity index is 0.00000289. The normalized spacial score (nSPS) is 10.9. The molecule has 0 radical (unpaired) electrons. The molecule has 0 unspecified atom stereocenters. The monoisotopic (exact) mass is 267 g/mol. The van der Waals surface area contributed by atoms with Crippen LogP contribution in [0.25, 0.3) is 0 Å². The lowest BCUT2D eigenvalue weighted by Gasteiger charge is -2.12. The predicted molar refractivity (Wildman–Crippen MR) is 74.9 cm³/mol. The molecule has 0 aliphatic carbocycles. The molecule has 0 heterocycles. The molecule has 1 aromatic carbocycles. The van der Waals surface area contributed by atoms with E-state index in [0.717, 1.165) is 5.56 Å². The van der Waals surface area contributed by atoms with Crippen LogP contribution in [-0.4, -0.2) is 19.1 Å². The lowest BCUT2D eigenvalue weighted by molar-refractivity contribution is 0.0526. The van der Waals surface area contributed by atoms with Crippen molar-refractivity contribution in [3.8, 4) is 12.3 Å². The summed E-state index contributed by atoms with van der Waals surface area (Å²) < 4.78 is 4.91. The second kappa shape index (κ2) is 8.57. The van der Waals surface area contributed by atoms with Gasteiger partial charge in [-0.15, -0.1) is 18.8 Å². The SMILES string of the molecule is C#CCN[C@@H](C)c1ccc(C(=O)OCC)cc1.Cl. The highest BCUT2D eigenvalue weighted by Crippen LogP contribution is 2.13. The Morgan fingerprint density at radius 2 is 2.06 bits per heavy atom. The first-order valence-electron chi connectivity index (χ1n) is 5.63. The molecule has 0 bridgehead atoms. The molecule has 18 heavy (non-hydrogen) atoms. The number of ether oxygens (including phenoxy) is 1. The molecule has 1 atom stereocenters. The van der Waals surface area contributed by atoms with Gasteiger partial charge in [0.2, 0.25) is 0 Å². The fourth-order valence-corrected chi connectivity index (χ4v) is 1.45. The number of carbonyl (C=O) groups excluding carboxylic acids is 1. The van der Waals surface area contributed by atoms with Crippen LogP contribution in [-0.2, 0) is 4.74 Å². The van der Waals surface area contributed by atoms with E-state index >= 15 is 0 Å². The fraction of sp³-hybridized carbons (Fsp3) is 0.357. The molecule has 0 spiro atoms. The number of terminal acetylenes is 1. The first-order chi connectivity index (χ1) is 8.19. The minimum Gasteiger partial charge on any atom is -0.462 e. The Hall–Kier alpha value is -1.50. The van der Waals surface area contributed by atoms with E-state index in [2.05, 4.69) is 11.2 Å². The molecule has 0 amide bonds. The molecule has 0 aliphatic rings. The van der Waals surface area contributed by atoms with Crippen molar-refractivity contribution in [1.29, 1.82) is 0 Å². The highest BCUT2D eigenvalue weighted by atomic mass is 35.5. The minimum atomic E-state index is -0.289. The van der Waals surface area contributed by atoms with E-state index in [0.29, 0.717) is 18.7 Å². The van der Waals surface area contributed by atoms with Gasteiger partial charge in [0.15, 0.2) is 0 Å². The van der Waals surface area contributed by atoms with E-state index in [-0.39, 0.29) is 24.4 Å². The third-order valence-corrected chi connectivity index (χ3v) is 2.43. The van der Waals surface area contributed by atoms with Gasteiger partial charge >= 0.3 is 5.97 Å². The molecule has 1 rings (SSSR count). The van der Waals surface area contributed by atoms with E-state index in [1.165, 1.54) is 0 Å². The number of hydrogen-bond acceptors (Lipinski definition) is 3. The maximum atomic E-state index is 11.4. The van der Waals surface area contributed by atoms with Crippen LogP contribution in [0, 0.1) is 12.3 Å². The van der Waals surface area contributed by atoms with E-state index in [4.69, 9.17) is 11.2 Å². The van der Waals surface area contributed by atoms with E-state index in [9.17, 15) is 4.79 Å². The van der Waals surface area contributed by atoms with Crippen molar-refractivity contribution < 1.29 is 9.53 Å². The number of benzene rings is 1. The molecule has 0 saturated heterocycles. The first kappa shape index (κ1) is 16.5. The van der Waals surface area contributed by atoms with E-state index in [1.54, 1.807) is 19.1 Å². The Morgan fingerprint density at radius 3 is 2.56 bits per heavy atom. The van der Waals surface area contributed by atoms with Crippen LogP contribution in [0.15, 0.2) is 24.3 Å². The van der Waals surface area contributed by atoms with Gasteiger partial charge in [-0.3, -0.25) is 5.32 Å². The average Bonchev–Trinajstić information content (AvgIpc) is 2.36. The van der Waals surface area contributed by atoms with Crippen molar-refractivity contribution in [1.82, 2.24) is 5.32 Å². The van der Waals surface area contributed by atoms with Gasteiger partial charge in [-0.1, -0.05) is 18.1 Å². The third kappa shape index (κ3) is 4.79. The molecule has 1 aromatic rings. The Morgan fingerprint density at radius 1 is 1.44 bits per heavy atom. The zero-order chi connectivity index (χ0) is 12.7. The Kier molecular flexibility index (Phi) is 7.86. The smallest absolute Gasteiger partial charge is 0.338 e. The summed E-state index contributed by atoms with van der Waals surface area (Å²) in [5.74, 6) is 2.24. The number of nitrogens with one attached hydrogen (secondary N) is 1. The topological polar surface area (TPSA) is 38.3 Å². The van der Waals surface area contributed by atoms with Crippen LogP contribution < -0.4 is 5.32 Å². The number of hydrogen-bond donors (Lipinski definition) is 1. The maximum absolute atomic E-state index is 11.4. The summed E-state index contributed by atoms with van der Waals surface area (Å²) in [6.45, 7) is 4.73. The molecule has 0 saturated carbocycles. The summed E-state index contributed by atoms with van der Waals surface area (Å²) in [4.78, 5) is 11.4. The van der Waals surface area contributed by atoms with Gasteiger partial charge in [-0.2, -0.15) is 0 Å². The van der Waals surface area contributed by atoms with Crippen molar-refractivity contribution in [3.63, 3.8) is 0 Å². The molecule has 0 aromatic heterocycles. The average molecular weight is 268 g/mol. The van der Waals surface area contributed by atoms with Crippen LogP contribution in [0.4, 0.5) is 0 Å². The van der Waals surface area contributed by atoms with Crippen molar-refractivity contribution in [2.24, 2.45) is 0 Å². The standard InChI is InChI=1S/C14H17NO2.ClH/c1-4-10-15-11(3)12-6-8-13(9-7-12)14(16)17-5-2;/h1,6-9,11,15H,5,10H2,2-3H3;1H/t11-;/m0./s1. The first-order valence-corrected chi connectivity index (χ1v) is 5.63. The Labute approximate surface area is 114 Å². The molecule has 3 nitrogen and oxygen atoms in total. The van der Waals surface area contributed by atoms with Gasteiger partial charge in [0.25, 0.3) is 0 Å². The van der Waals surface area contributed by atoms with Gasteiger partial charge in [0, 0.05) is 6.04 Å². The highest BCUT2D eigenvalue weighted by molar-refractivity contribution is 5.89. The third-order valence-electron chi connectivity index (χ3n) is 2.43. The maximum Gasteiger partial charge on any atom is 0.338 e. The van der Waals surface area contributed by atoms with Crippen LogP contribution in [0.3, 0.4) is 0 Å². The van der Waals surface area contributed by atoms with Crippen molar-refractivity contribution in [2.45, 2.75) is 19.9 Å². The van der Waals surface area contributed by atoms with E-state index in [1.807, 2.05) is 19.1 Å². The molecular weight excluding hydrogens is 250 g/mol. The minimum absolute atomic E-state index is 0. The summed E-state index contributed by atoms with van der Waals surface area (Å²) in [6, 6.07) is 7.51. The lowest BCUT2D eigenvalue weighted by atomic mass is 10.1. The van der Waals surface area contributed by atoms with Crippen molar-refractivity contribution >= 4 is 18.4 Å². The predicted octanol–water partition coefficient (Wildman–Crippen LogP) is 2.57. The quantitative estimate of drug-likeness (QED) is 0.658. The molecule has 98 valence electrons. The Bertz CT molecular complexity index is 409. The molecule has 4 heteroatoms. The molecule has 1 N–H and O–H groups in total. The van der Waals surface area contributed by atoms with Gasteiger partial charge in [0.05, 0.1) is 18.7 Å². The van der Waals surface area contributed by atoms with Crippen LogP contribution in [0.5, 0.6) is 0 Å². The van der Waals surface area contributed by atoms with Gasteiger partial charge in [-0.25, -0.2) is 4.79 Å². The highest BCUT2D eigenvalue weighted by Gasteiger charge is 2.08. The number of rotatable bonds is 5. The van der Waals surface area contributed by atoms with Crippen molar-refractivity contribution in [3.05, 3.63) is 35.4 Å². The summed E-state index contributed by atoms with van der Waals surface area (Å²) in [7, 11) is 0. The van der Waals surface area contributed by atoms with Crippen molar-refractivity contribution in [2.75, 3.05) is 13.2 Å². The second-order valence-corrected chi connectivity index (χ2v) is 3.65. The van der Waals surface area contributed by atoms with Gasteiger partial charge in [0.1, 0.15) is 0 Å². The number of carbonyl (C=O) groups is 1. The largest absolute Gasteiger partial charge is 0.462 e. The van der Waals surface area contributed by atoms with E-state index < -0.39 is 0 Å². The summed E-state index contributed by atoms with van der Waals surface area (Å²) in [5, 5.41) is 3.17. The molecule has 0 aliphatic heterocycles. The summed E-state index contributed by atoms with van der Waals surface area (Å²) in [6.07, 6.45) is 5.18. The van der Waals surface area contributed by atoms with Gasteiger partial charge in [-0.05, 0) is 31.5 Å². The number of halogens is 1. The summed E-state index contributed by atoms with van der Waals surface area (Å²) in [5.41, 5.74) is 1.66. The zero-order valence-corrected chi connectivity index (χ0v) is 11.4. The lowest BCUT2D eigenvalue weighted by Crippen LogP contribution is -2.18. The number of esters is 1. The van der Waals surface area contributed by atoms with Crippen LogP contribution >= 0.6 is 12.4 Å². The molecule has 0 fully saturated rings. The second-order valence-electron chi connectivity index (χ2n) is 3.65. The van der Waals surface area contributed by atoms with Crippen LogP contribution in [0.2, 0.25) is 0 Å². The van der Waals surface area contributed by atoms with Gasteiger partial charge < -0.3 is 4.74 Å². The molecular formula is C14H18ClNO2.